The van der Waals surface area contributed by atoms with Crippen LogP contribution in [0.3, 0.4) is 0 Å². The van der Waals surface area contributed by atoms with Crippen LogP contribution in [0.25, 0.3) is 22.3 Å². The number of nitrogens with one attached hydrogen (secondary N) is 2. The maximum absolute atomic E-state index is 11.6. The number of aromatic nitrogens is 1. The van der Waals surface area contributed by atoms with Crippen molar-refractivity contribution in [1.29, 1.82) is 5.26 Å². The molecule has 1 heterocycles. The van der Waals surface area contributed by atoms with Crippen molar-refractivity contribution in [1.82, 2.24) is 4.98 Å². The second kappa shape index (κ2) is 8.15. The van der Waals surface area contributed by atoms with Crippen molar-refractivity contribution in [3.05, 3.63) is 66.4 Å². The molecule has 0 aliphatic heterocycles. The molecule has 1 amide bonds. The van der Waals surface area contributed by atoms with Gasteiger partial charge in [-0.05, 0) is 65.1 Å². The van der Waals surface area contributed by atoms with Gasteiger partial charge in [0.15, 0.2) is 0 Å². The molecule has 0 unspecified atom stereocenters. The van der Waals surface area contributed by atoms with Crippen molar-refractivity contribution in [2.75, 3.05) is 17.7 Å². The van der Waals surface area contributed by atoms with E-state index in [0.717, 1.165) is 22.4 Å². The van der Waals surface area contributed by atoms with E-state index in [-0.39, 0.29) is 12.3 Å². The number of carbonyl (C=O) groups excluding carboxylic acids is 1. The molecule has 134 valence electrons. The number of aryl methyl sites for hydroxylation is 1. The van der Waals surface area contributed by atoms with E-state index >= 15 is 0 Å². The lowest BCUT2D eigenvalue weighted by molar-refractivity contribution is -0.115. The summed E-state index contributed by atoms with van der Waals surface area (Å²) in [4.78, 5) is 15.8. The standard InChI is InChI=1S/C22H20N4O/c1-15-6-7-19(24-2)14-20(15)18-5-3-4-16(12-18)17-9-11-25-21(13-17)26-22(27)8-10-23/h3-7,9,11-14,24H,8H2,1-2H3,(H,25,26,27). The maximum Gasteiger partial charge on any atom is 0.239 e. The highest BCUT2D eigenvalue weighted by Gasteiger charge is 2.08. The monoisotopic (exact) mass is 356 g/mol. The third-order valence-corrected chi connectivity index (χ3v) is 4.30. The largest absolute Gasteiger partial charge is 0.388 e. The van der Waals surface area contributed by atoms with E-state index in [1.807, 2.05) is 37.4 Å². The predicted molar refractivity (Wildman–Crippen MR) is 108 cm³/mol. The van der Waals surface area contributed by atoms with Gasteiger partial charge in [0.25, 0.3) is 0 Å². The number of carbonyl (C=O) groups is 1. The first-order chi connectivity index (χ1) is 13.1. The summed E-state index contributed by atoms with van der Waals surface area (Å²) in [5, 5.41) is 14.4. The Labute approximate surface area is 158 Å². The van der Waals surface area contributed by atoms with Gasteiger partial charge in [0.2, 0.25) is 5.91 Å². The highest BCUT2D eigenvalue weighted by atomic mass is 16.1. The Morgan fingerprint density at radius 3 is 2.63 bits per heavy atom. The Morgan fingerprint density at radius 2 is 1.85 bits per heavy atom. The molecule has 0 aliphatic rings. The smallest absolute Gasteiger partial charge is 0.239 e. The molecule has 0 saturated heterocycles. The van der Waals surface area contributed by atoms with E-state index in [4.69, 9.17) is 5.26 Å². The minimum atomic E-state index is -0.365. The zero-order chi connectivity index (χ0) is 19.2. The summed E-state index contributed by atoms with van der Waals surface area (Å²) in [6.45, 7) is 2.09. The van der Waals surface area contributed by atoms with Crippen molar-refractivity contribution >= 4 is 17.4 Å². The summed E-state index contributed by atoms with van der Waals surface area (Å²) in [5.41, 5.74) is 6.52. The molecule has 0 radical (unpaired) electrons. The zero-order valence-electron chi connectivity index (χ0n) is 15.3. The molecule has 0 saturated carbocycles. The molecule has 0 fully saturated rings. The molecule has 3 aromatic rings. The molecule has 0 spiro atoms. The minimum absolute atomic E-state index is 0.192. The highest BCUT2D eigenvalue weighted by molar-refractivity contribution is 5.91. The second-order valence-electron chi connectivity index (χ2n) is 6.17. The van der Waals surface area contributed by atoms with Crippen LogP contribution in [0.4, 0.5) is 11.5 Å². The van der Waals surface area contributed by atoms with Gasteiger partial charge in [0.1, 0.15) is 12.2 Å². The molecule has 5 nitrogen and oxygen atoms in total. The first kappa shape index (κ1) is 18.2. The van der Waals surface area contributed by atoms with E-state index in [2.05, 4.69) is 52.9 Å². The Bertz CT molecular complexity index is 1020. The number of anilines is 2. The van der Waals surface area contributed by atoms with Crippen LogP contribution in [0.5, 0.6) is 0 Å². The van der Waals surface area contributed by atoms with Crippen LogP contribution in [-0.2, 0) is 4.79 Å². The van der Waals surface area contributed by atoms with Gasteiger partial charge in [-0.25, -0.2) is 4.98 Å². The lowest BCUT2D eigenvalue weighted by Gasteiger charge is -2.11. The van der Waals surface area contributed by atoms with Crippen LogP contribution in [-0.4, -0.2) is 17.9 Å². The summed E-state index contributed by atoms with van der Waals surface area (Å²) in [7, 11) is 1.91. The summed E-state index contributed by atoms with van der Waals surface area (Å²) in [5.74, 6) is 0.0712. The fourth-order valence-electron chi connectivity index (χ4n) is 2.89. The minimum Gasteiger partial charge on any atom is -0.388 e. The molecule has 1 aromatic heterocycles. The van der Waals surface area contributed by atoms with Gasteiger partial charge < -0.3 is 10.6 Å². The lowest BCUT2D eigenvalue weighted by atomic mass is 9.96. The average molecular weight is 356 g/mol. The Balaban J connectivity index is 1.95. The van der Waals surface area contributed by atoms with E-state index in [1.54, 1.807) is 6.20 Å². The van der Waals surface area contributed by atoms with Crippen molar-refractivity contribution in [3.63, 3.8) is 0 Å². The number of hydrogen-bond donors (Lipinski definition) is 2. The Morgan fingerprint density at radius 1 is 1.07 bits per heavy atom. The topological polar surface area (TPSA) is 77.8 Å². The van der Waals surface area contributed by atoms with Crippen LogP contribution in [0.15, 0.2) is 60.8 Å². The summed E-state index contributed by atoms with van der Waals surface area (Å²) >= 11 is 0. The van der Waals surface area contributed by atoms with Gasteiger partial charge in [-0.2, -0.15) is 5.26 Å². The Kier molecular flexibility index (Phi) is 5.48. The average Bonchev–Trinajstić information content (AvgIpc) is 2.69. The third-order valence-electron chi connectivity index (χ3n) is 4.30. The van der Waals surface area contributed by atoms with Gasteiger partial charge in [-0.1, -0.05) is 24.3 Å². The molecule has 2 aromatic carbocycles. The molecule has 0 bridgehead atoms. The van der Waals surface area contributed by atoms with Crippen molar-refractivity contribution in [2.45, 2.75) is 13.3 Å². The number of hydrogen-bond acceptors (Lipinski definition) is 4. The van der Waals surface area contributed by atoms with Gasteiger partial charge >= 0.3 is 0 Å². The fourth-order valence-corrected chi connectivity index (χ4v) is 2.89. The molecule has 2 N–H and O–H groups in total. The fraction of sp³-hybridized carbons (Fsp3) is 0.136. The van der Waals surface area contributed by atoms with E-state index in [0.29, 0.717) is 5.82 Å². The van der Waals surface area contributed by atoms with Crippen LogP contribution in [0.1, 0.15) is 12.0 Å². The Hall–Kier alpha value is -3.65. The van der Waals surface area contributed by atoms with Crippen LogP contribution in [0.2, 0.25) is 0 Å². The SMILES string of the molecule is CNc1ccc(C)c(-c2cccc(-c3ccnc(NC(=O)CC#N)c3)c2)c1. The quantitative estimate of drug-likeness (QED) is 0.699. The van der Waals surface area contributed by atoms with Crippen molar-refractivity contribution in [2.24, 2.45) is 0 Å². The van der Waals surface area contributed by atoms with Crippen LogP contribution in [0, 0.1) is 18.3 Å². The van der Waals surface area contributed by atoms with Crippen LogP contribution >= 0.6 is 0 Å². The lowest BCUT2D eigenvalue weighted by Crippen LogP contribution is -2.11. The predicted octanol–water partition coefficient (Wildman–Crippen LogP) is 4.62. The van der Waals surface area contributed by atoms with Crippen molar-refractivity contribution in [3.8, 4) is 28.3 Å². The number of nitriles is 1. The van der Waals surface area contributed by atoms with Gasteiger partial charge in [-0.15, -0.1) is 0 Å². The molecular formula is C22H20N4O. The summed E-state index contributed by atoms with van der Waals surface area (Å²) in [6, 6.07) is 20.1. The molecule has 5 heteroatoms. The van der Waals surface area contributed by atoms with Crippen molar-refractivity contribution < 1.29 is 4.79 Å². The van der Waals surface area contributed by atoms with E-state index in [1.165, 1.54) is 11.1 Å². The summed E-state index contributed by atoms with van der Waals surface area (Å²) in [6.07, 6.45) is 1.46. The van der Waals surface area contributed by atoms with Gasteiger partial charge in [-0.3, -0.25) is 4.79 Å². The zero-order valence-corrected chi connectivity index (χ0v) is 15.3. The number of benzene rings is 2. The van der Waals surface area contributed by atoms with Gasteiger partial charge in [0, 0.05) is 18.9 Å². The molecule has 3 rings (SSSR count). The van der Waals surface area contributed by atoms with E-state index in [9.17, 15) is 4.79 Å². The molecular weight excluding hydrogens is 336 g/mol. The van der Waals surface area contributed by atoms with Crippen LogP contribution < -0.4 is 10.6 Å². The number of pyridine rings is 1. The number of rotatable bonds is 5. The first-order valence-electron chi connectivity index (χ1n) is 8.63. The number of nitrogens with zero attached hydrogens (tertiary/aromatic N) is 2. The normalized spacial score (nSPS) is 10.1. The molecule has 0 aliphatic carbocycles. The highest BCUT2D eigenvalue weighted by Crippen LogP contribution is 2.30. The van der Waals surface area contributed by atoms with E-state index < -0.39 is 0 Å². The molecule has 27 heavy (non-hydrogen) atoms. The first-order valence-corrected chi connectivity index (χ1v) is 8.63. The molecule has 0 atom stereocenters. The third kappa shape index (κ3) is 4.31. The number of amides is 1. The van der Waals surface area contributed by atoms with Gasteiger partial charge in [0.05, 0.1) is 6.07 Å². The summed E-state index contributed by atoms with van der Waals surface area (Å²) < 4.78 is 0. The maximum atomic E-state index is 11.6. The second-order valence-corrected chi connectivity index (χ2v) is 6.17.